The molecule has 0 spiro atoms. The first-order chi connectivity index (χ1) is 7.63. The van der Waals surface area contributed by atoms with Crippen LogP contribution in [0.4, 0.5) is 5.82 Å². The Balaban J connectivity index is 2.16. The quantitative estimate of drug-likeness (QED) is 0.765. The predicted octanol–water partition coefficient (Wildman–Crippen LogP) is 2.40. The van der Waals surface area contributed by atoms with E-state index in [-0.39, 0.29) is 5.60 Å². The van der Waals surface area contributed by atoms with E-state index >= 15 is 0 Å². The van der Waals surface area contributed by atoms with E-state index in [1.807, 2.05) is 12.3 Å². The van der Waals surface area contributed by atoms with Crippen molar-refractivity contribution in [2.45, 2.75) is 32.8 Å². The maximum atomic E-state index is 5.83. The predicted molar refractivity (Wildman–Crippen MR) is 65.8 cm³/mol. The molecule has 16 heavy (non-hydrogen) atoms. The smallest absolute Gasteiger partial charge is 0.128 e. The van der Waals surface area contributed by atoms with E-state index in [0.717, 1.165) is 31.9 Å². The van der Waals surface area contributed by atoms with Gasteiger partial charge in [0.1, 0.15) is 5.82 Å². The van der Waals surface area contributed by atoms with Gasteiger partial charge in [-0.15, -0.1) is 0 Å². The highest BCUT2D eigenvalue weighted by atomic mass is 16.5. The molecule has 1 aliphatic rings. The number of aryl methyl sites for hydroxylation is 1. The zero-order valence-electron chi connectivity index (χ0n) is 10.4. The molecule has 2 heterocycles. The van der Waals surface area contributed by atoms with Crippen LogP contribution in [0.1, 0.15) is 25.8 Å². The van der Waals surface area contributed by atoms with Crippen LogP contribution in [-0.4, -0.2) is 30.3 Å². The summed E-state index contributed by atoms with van der Waals surface area (Å²) >= 11 is 0. The van der Waals surface area contributed by atoms with Crippen molar-refractivity contribution in [1.82, 2.24) is 4.98 Å². The van der Waals surface area contributed by atoms with Crippen molar-refractivity contribution < 1.29 is 4.74 Å². The molecule has 1 unspecified atom stereocenters. The van der Waals surface area contributed by atoms with Gasteiger partial charge in [0.05, 0.1) is 12.2 Å². The highest BCUT2D eigenvalue weighted by Gasteiger charge is 2.30. The molecule has 3 heteroatoms. The van der Waals surface area contributed by atoms with E-state index in [2.05, 4.69) is 36.7 Å². The largest absolute Gasteiger partial charge is 0.372 e. The molecular weight excluding hydrogens is 200 g/mol. The number of anilines is 1. The summed E-state index contributed by atoms with van der Waals surface area (Å²) in [6.07, 6.45) is 2.92. The first-order valence-corrected chi connectivity index (χ1v) is 5.94. The molecule has 1 aromatic heterocycles. The number of hydrogen-bond acceptors (Lipinski definition) is 3. The van der Waals surface area contributed by atoms with Gasteiger partial charge in [0.2, 0.25) is 0 Å². The van der Waals surface area contributed by atoms with Crippen molar-refractivity contribution in [3.63, 3.8) is 0 Å². The summed E-state index contributed by atoms with van der Waals surface area (Å²) in [6, 6.07) is 4.17. The van der Waals surface area contributed by atoms with Crippen molar-refractivity contribution in [2.24, 2.45) is 0 Å². The van der Waals surface area contributed by atoms with Gasteiger partial charge >= 0.3 is 0 Å². The molecule has 0 saturated carbocycles. The lowest BCUT2D eigenvalue weighted by Crippen LogP contribution is -2.50. The van der Waals surface area contributed by atoms with Crippen molar-refractivity contribution in [2.75, 3.05) is 24.6 Å². The minimum atomic E-state index is -0.0241. The van der Waals surface area contributed by atoms with Gasteiger partial charge in [-0.1, -0.05) is 6.92 Å². The molecule has 88 valence electrons. The molecule has 0 N–H and O–H groups in total. The molecule has 0 radical (unpaired) electrons. The van der Waals surface area contributed by atoms with Crippen molar-refractivity contribution in [1.29, 1.82) is 0 Å². The third-order valence-electron chi connectivity index (χ3n) is 3.31. The van der Waals surface area contributed by atoms with E-state index in [9.17, 15) is 0 Å². The topological polar surface area (TPSA) is 25.4 Å². The lowest BCUT2D eigenvalue weighted by molar-refractivity contribution is -0.0443. The normalized spacial score (nSPS) is 25.8. The average molecular weight is 220 g/mol. The molecule has 1 aliphatic heterocycles. The van der Waals surface area contributed by atoms with Crippen LogP contribution in [0.25, 0.3) is 0 Å². The summed E-state index contributed by atoms with van der Waals surface area (Å²) in [5.74, 6) is 1.07. The molecule has 3 nitrogen and oxygen atoms in total. The van der Waals surface area contributed by atoms with Gasteiger partial charge in [0.15, 0.2) is 0 Å². The van der Waals surface area contributed by atoms with Gasteiger partial charge in [0, 0.05) is 19.3 Å². The average Bonchev–Trinajstić information content (AvgIpc) is 2.29. The van der Waals surface area contributed by atoms with Crippen LogP contribution < -0.4 is 4.90 Å². The Hall–Kier alpha value is -1.09. The molecule has 2 rings (SSSR count). The van der Waals surface area contributed by atoms with E-state index < -0.39 is 0 Å². The second kappa shape index (κ2) is 4.42. The Morgan fingerprint density at radius 1 is 1.56 bits per heavy atom. The Morgan fingerprint density at radius 2 is 2.38 bits per heavy atom. The number of nitrogens with zero attached hydrogens (tertiary/aromatic N) is 2. The van der Waals surface area contributed by atoms with Crippen LogP contribution in [0.5, 0.6) is 0 Å². The molecule has 0 aromatic carbocycles. The summed E-state index contributed by atoms with van der Waals surface area (Å²) < 4.78 is 5.83. The summed E-state index contributed by atoms with van der Waals surface area (Å²) in [5.41, 5.74) is 1.23. The summed E-state index contributed by atoms with van der Waals surface area (Å²) in [5, 5.41) is 0. The highest BCUT2D eigenvalue weighted by molar-refractivity contribution is 5.41. The number of aromatic nitrogens is 1. The molecule has 1 saturated heterocycles. The zero-order chi connectivity index (χ0) is 11.6. The SMILES string of the molecule is CCC1(C)CN(c2cc(C)ccn2)CCO1. The second-order valence-corrected chi connectivity index (χ2v) is 4.76. The monoisotopic (exact) mass is 220 g/mol. The van der Waals surface area contributed by atoms with Gasteiger partial charge < -0.3 is 9.64 Å². The third-order valence-corrected chi connectivity index (χ3v) is 3.31. The number of ether oxygens (including phenoxy) is 1. The Labute approximate surface area is 97.4 Å². The lowest BCUT2D eigenvalue weighted by atomic mass is 10.0. The molecular formula is C13H20N2O. The first-order valence-electron chi connectivity index (χ1n) is 5.94. The van der Waals surface area contributed by atoms with Crippen LogP contribution in [0, 0.1) is 6.92 Å². The van der Waals surface area contributed by atoms with Crippen molar-refractivity contribution in [3.8, 4) is 0 Å². The van der Waals surface area contributed by atoms with E-state index in [0.29, 0.717) is 0 Å². The number of morpholine rings is 1. The van der Waals surface area contributed by atoms with Crippen LogP contribution in [0.15, 0.2) is 18.3 Å². The molecule has 0 aliphatic carbocycles. The number of hydrogen-bond donors (Lipinski definition) is 0. The van der Waals surface area contributed by atoms with Gasteiger partial charge in [-0.3, -0.25) is 0 Å². The molecule has 1 atom stereocenters. The van der Waals surface area contributed by atoms with Crippen LogP contribution in [-0.2, 0) is 4.74 Å². The van der Waals surface area contributed by atoms with Crippen LogP contribution in [0.2, 0.25) is 0 Å². The molecule has 0 bridgehead atoms. The first kappa shape index (κ1) is 11.4. The summed E-state index contributed by atoms with van der Waals surface area (Å²) in [4.78, 5) is 6.75. The molecule has 0 amide bonds. The Bertz CT molecular complexity index is 367. The standard InChI is InChI=1S/C13H20N2O/c1-4-13(3)10-15(7-8-16-13)12-9-11(2)5-6-14-12/h5-6,9H,4,7-8,10H2,1-3H3. The fourth-order valence-corrected chi connectivity index (χ4v) is 2.03. The fraction of sp³-hybridized carbons (Fsp3) is 0.615. The highest BCUT2D eigenvalue weighted by Crippen LogP contribution is 2.24. The summed E-state index contributed by atoms with van der Waals surface area (Å²) in [6.45, 7) is 9.11. The van der Waals surface area contributed by atoms with Gasteiger partial charge in [0.25, 0.3) is 0 Å². The number of rotatable bonds is 2. The second-order valence-electron chi connectivity index (χ2n) is 4.76. The maximum Gasteiger partial charge on any atom is 0.128 e. The lowest BCUT2D eigenvalue weighted by Gasteiger charge is -2.40. The van der Waals surface area contributed by atoms with Gasteiger partial charge in [-0.25, -0.2) is 4.98 Å². The zero-order valence-corrected chi connectivity index (χ0v) is 10.4. The number of pyridine rings is 1. The van der Waals surface area contributed by atoms with E-state index in [1.54, 1.807) is 0 Å². The summed E-state index contributed by atoms with van der Waals surface area (Å²) in [7, 11) is 0. The van der Waals surface area contributed by atoms with Crippen LogP contribution >= 0.6 is 0 Å². The minimum Gasteiger partial charge on any atom is -0.372 e. The molecule has 1 aromatic rings. The fourth-order valence-electron chi connectivity index (χ4n) is 2.03. The maximum absolute atomic E-state index is 5.83. The van der Waals surface area contributed by atoms with Crippen molar-refractivity contribution in [3.05, 3.63) is 23.9 Å². The van der Waals surface area contributed by atoms with E-state index in [1.165, 1.54) is 5.56 Å². The molecule has 1 fully saturated rings. The van der Waals surface area contributed by atoms with Gasteiger partial charge in [-0.2, -0.15) is 0 Å². The van der Waals surface area contributed by atoms with E-state index in [4.69, 9.17) is 4.74 Å². The van der Waals surface area contributed by atoms with Crippen molar-refractivity contribution >= 4 is 5.82 Å². The third kappa shape index (κ3) is 2.35. The van der Waals surface area contributed by atoms with Crippen LogP contribution in [0.3, 0.4) is 0 Å². The Kier molecular flexibility index (Phi) is 3.15. The Morgan fingerprint density at radius 3 is 3.06 bits per heavy atom. The van der Waals surface area contributed by atoms with Gasteiger partial charge in [-0.05, 0) is 38.0 Å². The minimum absolute atomic E-state index is 0.0241.